The van der Waals surface area contributed by atoms with Crippen LogP contribution in [0.4, 0.5) is 0 Å². The third kappa shape index (κ3) is 5.08. The minimum Gasteiger partial charge on any atom is -0.479 e. The highest BCUT2D eigenvalue weighted by atomic mass is 35.5. The minimum atomic E-state index is -0.905. The van der Waals surface area contributed by atoms with E-state index >= 15 is 0 Å². The summed E-state index contributed by atoms with van der Waals surface area (Å²) in [7, 11) is 0. The summed E-state index contributed by atoms with van der Waals surface area (Å²) in [5.74, 6) is -0.946. The molecule has 23 heavy (non-hydrogen) atoms. The van der Waals surface area contributed by atoms with E-state index in [9.17, 15) is 4.79 Å². The zero-order valence-electron chi connectivity index (χ0n) is 13.3. The van der Waals surface area contributed by atoms with Gasteiger partial charge in [0.1, 0.15) is 0 Å². The molecule has 0 aliphatic rings. The van der Waals surface area contributed by atoms with Gasteiger partial charge in [0, 0.05) is 5.02 Å². The largest absolute Gasteiger partial charge is 0.479 e. The summed E-state index contributed by atoms with van der Waals surface area (Å²) in [5, 5.41) is 9.81. The van der Waals surface area contributed by atoms with Crippen molar-refractivity contribution in [2.75, 3.05) is 6.61 Å². The molecule has 0 aromatic heterocycles. The lowest BCUT2D eigenvalue weighted by Crippen LogP contribution is -2.30. The minimum absolute atomic E-state index is 0.0419. The molecular formula is C19H21ClO3. The first-order chi connectivity index (χ1) is 11.0. The average molecular weight is 333 g/mol. The van der Waals surface area contributed by atoms with Crippen molar-refractivity contribution in [3.63, 3.8) is 0 Å². The van der Waals surface area contributed by atoms with Crippen molar-refractivity contribution in [3.05, 3.63) is 59.1 Å². The molecule has 2 rings (SSSR count). The highest BCUT2D eigenvalue weighted by Crippen LogP contribution is 2.22. The van der Waals surface area contributed by atoms with E-state index in [2.05, 4.69) is 12.1 Å². The molecule has 1 unspecified atom stereocenters. The number of rotatable bonds is 7. The predicted molar refractivity (Wildman–Crippen MR) is 92.8 cm³/mol. The van der Waals surface area contributed by atoms with Gasteiger partial charge in [0.15, 0.2) is 6.10 Å². The lowest BCUT2D eigenvalue weighted by atomic mass is 10.0. The summed E-state index contributed by atoms with van der Waals surface area (Å²) in [6.07, 6.45) is -0.0550. The van der Waals surface area contributed by atoms with Crippen LogP contribution in [0.15, 0.2) is 48.5 Å². The van der Waals surface area contributed by atoms with Gasteiger partial charge in [-0.25, -0.2) is 4.79 Å². The zero-order chi connectivity index (χ0) is 16.8. The Morgan fingerprint density at radius 1 is 1.04 bits per heavy atom. The Morgan fingerprint density at radius 2 is 1.57 bits per heavy atom. The Kier molecular flexibility index (Phi) is 6.20. The molecule has 2 aromatic rings. The van der Waals surface area contributed by atoms with Crippen LogP contribution in [0.25, 0.3) is 11.1 Å². The Morgan fingerprint density at radius 3 is 2.04 bits per heavy atom. The quantitative estimate of drug-likeness (QED) is 0.801. The van der Waals surface area contributed by atoms with Crippen LogP contribution in [0, 0.1) is 5.92 Å². The first kappa shape index (κ1) is 17.5. The van der Waals surface area contributed by atoms with E-state index in [0.717, 1.165) is 21.7 Å². The molecule has 1 atom stereocenters. The molecule has 0 radical (unpaired) electrons. The first-order valence-electron chi connectivity index (χ1n) is 7.66. The molecule has 122 valence electrons. The van der Waals surface area contributed by atoms with Crippen molar-refractivity contribution in [2.24, 2.45) is 5.92 Å². The lowest BCUT2D eigenvalue weighted by Gasteiger charge is -2.17. The monoisotopic (exact) mass is 332 g/mol. The molecular weight excluding hydrogens is 312 g/mol. The van der Waals surface area contributed by atoms with Crippen LogP contribution in [-0.4, -0.2) is 23.8 Å². The van der Waals surface area contributed by atoms with E-state index in [0.29, 0.717) is 13.0 Å². The van der Waals surface area contributed by atoms with Gasteiger partial charge in [0.2, 0.25) is 0 Å². The number of ether oxygens (including phenoxy) is 1. The summed E-state index contributed by atoms with van der Waals surface area (Å²) >= 11 is 5.90. The summed E-state index contributed by atoms with van der Waals surface area (Å²) in [4.78, 5) is 11.1. The van der Waals surface area contributed by atoms with Crippen LogP contribution >= 0.6 is 11.6 Å². The Balaban J connectivity index is 1.92. The van der Waals surface area contributed by atoms with E-state index in [-0.39, 0.29) is 5.92 Å². The summed E-state index contributed by atoms with van der Waals surface area (Å²) in [6, 6.07) is 15.9. The van der Waals surface area contributed by atoms with E-state index in [1.165, 1.54) is 0 Å². The van der Waals surface area contributed by atoms with Gasteiger partial charge in [-0.05, 0) is 41.2 Å². The molecule has 2 aromatic carbocycles. The molecule has 0 bridgehead atoms. The van der Waals surface area contributed by atoms with E-state index < -0.39 is 12.1 Å². The second-order valence-corrected chi connectivity index (χ2v) is 6.26. The summed E-state index contributed by atoms with van der Waals surface area (Å²) in [5.41, 5.74) is 3.36. The molecule has 1 N–H and O–H groups in total. The lowest BCUT2D eigenvalue weighted by molar-refractivity contribution is -0.153. The zero-order valence-corrected chi connectivity index (χ0v) is 14.1. The van der Waals surface area contributed by atoms with Crippen molar-refractivity contribution >= 4 is 17.6 Å². The standard InChI is InChI=1S/C19H21ClO3/c1-13(2)18(19(21)22)23-12-11-14-3-5-15(6-4-14)16-7-9-17(20)10-8-16/h3-10,13,18H,11-12H2,1-2H3,(H,21,22). The second-order valence-electron chi connectivity index (χ2n) is 5.83. The fourth-order valence-corrected chi connectivity index (χ4v) is 2.48. The molecule has 0 spiro atoms. The van der Waals surface area contributed by atoms with Crippen LogP contribution in [0.2, 0.25) is 5.02 Å². The molecule has 0 saturated carbocycles. The second kappa shape index (κ2) is 8.14. The number of carbonyl (C=O) groups is 1. The van der Waals surface area contributed by atoms with Gasteiger partial charge in [-0.3, -0.25) is 0 Å². The average Bonchev–Trinajstić information content (AvgIpc) is 2.52. The molecule has 0 amide bonds. The third-order valence-electron chi connectivity index (χ3n) is 3.67. The maximum atomic E-state index is 11.1. The van der Waals surface area contributed by atoms with Crippen LogP contribution in [-0.2, 0) is 16.0 Å². The van der Waals surface area contributed by atoms with E-state index in [4.69, 9.17) is 21.4 Å². The van der Waals surface area contributed by atoms with Crippen molar-refractivity contribution in [1.82, 2.24) is 0 Å². The van der Waals surface area contributed by atoms with Gasteiger partial charge in [-0.1, -0.05) is 61.8 Å². The Labute approximate surface area is 141 Å². The number of aliphatic carboxylic acids is 1. The van der Waals surface area contributed by atoms with Gasteiger partial charge >= 0.3 is 5.97 Å². The summed E-state index contributed by atoms with van der Waals surface area (Å²) in [6.45, 7) is 4.09. The number of hydrogen-bond donors (Lipinski definition) is 1. The van der Waals surface area contributed by atoms with Crippen LogP contribution in [0.5, 0.6) is 0 Å². The molecule has 0 fully saturated rings. The number of carboxylic acid groups (broad SMARTS) is 1. The Bertz CT molecular complexity index is 633. The van der Waals surface area contributed by atoms with Crippen molar-refractivity contribution in [2.45, 2.75) is 26.4 Å². The Hall–Kier alpha value is -1.84. The molecule has 3 nitrogen and oxygen atoms in total. The van der Waals surface area contributed by atoms with Crippen molar-refractivity contribution in [1.29, 1.82) is 0 Å². The number of benzene rings is 2. The molecule has 0 heterocycles. The van der Waals surface area contributed by atoms with Gasteiger partial charge in [0.25, 0.3) is 0 Å². The normalized spacial score (nSPS) is 12.3. The van der Waals surface area contributed by atoms with Crippen molar-refractivity contribution in [3.8, 4) is 11.1 Å². The van der Waals surface area contributed by atoms with Crippen LogP contribution in [0.1, 0.15) is 19.4 Å². The number of carboxylic acids is 1. The first-order valence-corrected chi connectivity index (χ1v) is 8.04. The third-order valence-corrected chi connectivity index (χ3v) is 3.92. The predicted octanol–water partition coefficient (Wildman–Crippen LogP) is 4.68. The van der Waals surface area contributed by atoms with Gasteiger partial charge < -0.3 is 9.84 Å². The maximum absolute atomic E-state index is 11.1. The van der Waals surface area contributed by atoms with E-state index in [1.807, 2.05) is 50.2 Å². The van der Waals surface area contributed by atoms with Crippen LogP contribution < -0.4 is 0 Å². The SMILES string of the molecule is CC(C)C(OCCc1ccc(-c2ccc(Cl)cc2)cc1)C(=O)O. The molecule has 0 saturated heterocycles. The van der Waals surface area contributed by atoms with Gasteiger partial charge in [-0.15, -0.1) is 0 Å². The number of hydrogen-bond acceptors (Lipinski definition) is 2. The van der Waals surface area contributed by atoms with Crippen LogP contribution in [0.3, 0.4) is 0 Å². The maximum Gasteiger partial charge on any atom is 0.333 e. The molecule has 4 heteroatoms. The van der Waals surface area contributed by atoms with Gasteiger partial charge in [0.05, 0.1) is 6.61 Å². The fourth-order valence-electron chi connectivity index (χ4n) is 2.36. The summed E-state index contributed by atoms with van der Waals surface area (Å²) < 4.78 is 5.48. The molecule has 0 aliphatic carbocycles. The van der Waals surface area contributed by atoms with Crippen molar-refractivity contribution < 1.29 is 14.6 Å². The van der Waals surface area contributed by atoms with Gasteiger partial charge in [-0.2, -0.15) is 0 Å². The fraction of sp³-hybridized carbons (Fsp3) is 0.316. The van der Waals surface area contributed by atoms with E-state index in [1.54, 1.807) is 0 Å². The topological polar surface area (TPSA) is 46.5 Å². The molecule has 0 aliphatic heterocycles. The number of halogens is 1. The smallest absolute Gasteiger partial charge is 0.333 e. The highest BCUT2D eigenvalue weighted by Gasteiger charge is 2.21. The highest BCUT2D eigenvalue weighted by molar-refractivity contribution is 6.30.